The molecule has 0 aliphatic rings. The Labute approximate surface area is 169 Å². The molecule has 0 atom stereocenters. The number of sulfonamides is 1. The van der Waals surface area contributed by atoms with E-state index >= 15 is 0 Å². The van der Waals surface area contributed by atoms with Crippen LogP contribution in [0.5, 0.6) is 0 Å². The Morgan fingerprint density at radius 1 is 1.29 bits per heavy atom. The molecule has 152 valence electrons. The van der Waals surface area contributed by atoms with E-state index in [0.717, 1.165) is 42.3 Å². The first-order valence-corrected chi connectivity index (χ1v) is 11.8. The van der Waals surface area contributed by atoms with Crippen molar-refractivity contribution < 1.29 is 12.9 Å². The van der Waals surface area contributed by atoms with Crippen molar-refractivity contribution in [1.29, 1.82) is 0 Å². The second-order valence-electron chi connectivity index (χ2n) is 7.07. The third-order valence-corrected chi connectivity index (χ3v) is 6.11. The lowest BCUT2D eigenvalue weighted by molar-refractivity contribution is 0.383. The molecule has 0 amide bonds. The summed E-state index contributed by atoms with van der Waals surface area (Å²) in [6, 6.07) is 4.77. The summed E-state index contributed by atoms with van der Waals surface area (Å²) in [7, 11) is -3.76. The molecule has 0 spiro atoms. The third-order valence-electron chi connectivity index (χ3n) is 4.24. The second-order valence-corrected chi connectivity index (χ2v) is 9.57. The summed E-state index contributed by atoms with van der Waals surface area (Å²) in [5, 5.41) is 10.1. The largest absolute Gasteiger partial charge is 0.338 e. The van der Waals surface area contributed by atoms with Crippen LogP contribution < -0.4 is 5.14 Å². The van der Waals surface area contributed by atoms with Gasteiger partial charge in [0.1, 0.15) is 0 Å². The first-order valence-electron chi connectivity index (χ1n) is 9.25. The van der Waals surface area contributed by atoms with Crippen molar-refractivity contribution in [2.24, 2.45) is 11.1 Å². The summed E-state index contributed by atoms with van der Waals surface area (Å²) in [4.78, 5) is 9.10. The van der Waals surface area contributed by atoms with Gasteiger partial charge in [-0.2, -0.15) is 4.98 Å². The van der Waals surface area contributed by atoms with E-state index in [0.29, 0.717) is 23.1 Å². The average molecular weight is 424 g/mol. The molecule has 8 nitrogen and oxygen atoms in total. The molecule has 0 unspecified atom stereocenters. The van der Waals surface area contributed by atoms with Gasteiger partial charge in [0, 0.05) is 13.0 Å². The summed E-state index contributed by atoms with van der Waals surface area (Å²) >= 11 is 1.49. The summed E-state index contributed by atoms with van der Waals surface area (Å²) < 4.78 is 30.6. The Morgan fingerprint density at radius 2 is 2.07 bits per heavy atom. The molecule has 0 saturated carbocycles. The highest BCUT2D eigenvalue weighted by molar-refractivity contribution is 7.98. The van der Waals surface area contributed by atoms with Crippen molar-refractivity contribution in [3.63, 3.8) is 0 Å². The Morgan fingerprint density at radius 3 is 2.75 bits per heavy atom. The molecule has 0 fully saturated rings. The molecule has 0 radical (unpaired) electrons. The lowest BCUT2D eigenvalue weighted by Crippen LogP contribution is -2.11. The molecular formula is C18H25N5O3S2. The van der Waals surface area contributed by atoms with Gasteiger partial charge >= 0.3 is 0 Å². The number of hydrogen-bond acceptors (Lipinski definition) is 7. The number of imidazole rings is 1. The van der Waals surface area contributed by atoms with E-state index in [1.807, 2.05) is 0 Å². The number of fused-ring (bicyclic) bond motifs is 1. The molecule has 10 heteroatoms. The lowest BCUT2D eigenvalue weighted by atomic mass is 10.1. The maximum absolute atomic E-state index is 11.6. The predicted molar refractivity (Wildman–Crippen MR) is 108 cm³/mol. The minimum atomic E-state index is -3.76. The number of aromatic nitrogens is 4. The fourth-order valence-electron chi connectivity index (χ4n) is 2.81. The molecular weight excluding hydrogens is 398 g/mol. The molecule has 2 heterocycles. The van der Waals surface area contributed by atoms with Gasteiger partial charge in [0.25, 0.3) is 0 Å². The molecule has 0 aliphatic carbocycles. The monoisotopic (exact) mass is 423 g/mol. The van der Waals surface area contributed by atoms with Gasteiger partial charge in [-0.1, -0.05) is 37.7 Å². The van der Waals surface area contributed by atoms with Gasteiger partial charge < -0.3 is 9.09 Å². The minimum Gasteiger partial charge on any atom is -0.338 e. The lowest BCUT2D eigenvalue weighted by Gasteiger charge is -2.06. The molecule has 3 aromatic rings. The van der Waals surface area contributed by atoms with Gasteiger partial charge in [-0.15, -0.1) is 0 Å². The van der Waals surface area contributed by atoms with Gasteiger partial charge in [0.2, 0.25) is 15.9 Å². The van der Waals surface area contributed by atoms with Crippen LogP contribution in [0.3, 0.4) is 0 Å². The zero-order valence-electron chi connectivity index (χ0n) is 16.3. The number of rotatable bonds is 9. The maximum Gasteiger partial charge on any atom is 0.238 e. The molecule has 0 saturated heterocycles. The van der Waals surface area contributed by atoms with Crippen molar-refractivity contribution in [2.75, 3.05) is 0 Å². The Bertz CT molecular complexity index is 1060. The molecule has 28 heavy (non-hydrogen) atoms. The van der Waals surface area contributed by atoms with E-state index in [1.165, 1.54) is 23.9 Å². The van der Waals surface area contributed by atoms with E-state index in [2.05, 4.69) is 40.5 Å². The van der Waals surface area contributed by atoms with Gasteiger partial charge in [0.15, 0.2) is 11.0 Å². The molecule has 2 aromatic heterocycles. The van der Waals surface area contributed by atoms with Crippen molar-refractivity contribution in [3.8, 4) is 0 Å². The van der Waals surface area contributed by atoms with Gasteiger partial charge in [-0.3, -0.25) is 0 Å². The number of nitrogens with zero attached hydrogens (tertiary/aromatic N) is 4. The Kier molecular flexibility index (Phi) is 6.41. The van der Waals surface area contributed by atoms with E-state index in [9.17, 15) is 8.42 Å². The molecule has 0 aliphatic heterocycles. The zero-order chi connectivity index (χ0) is 20.3. The summed E-state index contributed by atoms with van der Waals surface area (Å²) in [6.45, 7) is 7.18. The summed E-state index contributed by atoms with van der Waals surface area (Å²) in [5.74, 6) is 2.38. The van der Waals surface area contributed by atoms with Crippen LogP contribution in [0.4, 0.5) is 0 Å². The third kappa shape index (κ3) is 4.92. The number of hydrogen-bond donors (Lipinski definition) is 1. The van der Waals surface area contributed by atoms with Crippen LogP contribution in [0, 0.1) is 5.92 Å². The maximum atomic E-state index is 11.6. The van der Waals surface area contributed by atoms with Crippen LogP contribution in [0.2, 0.25) is 0 Å². The van der Waals surface area contributed by atoms with Crippen LogP contribution in [0.1, 0.15) is 45.3 Å². The van der Waals surface area contributed by atoms with E-state index < -0.39 is 10.0 Å². The average Bonchev–Trinajstić information content (AvgIpc) is 3.22. The molecule has 0 bridgehead atoms. The highest BCUT2D eigenvalue weighted by Crippen LogP contribution is 2.28. The predicted octanol–water partition coefficient (Wildman–Crippen LogP) is 3.36. The normalized spacial score (nSPS) is 12.3. The van der Waals surface area contributed by atoms with E-state index in [1.54, 1.807) is 6.07 Å². The fraction of sp³-hybridized carbons (Fsp3) is 0.500. The smallest absolute Gasteiger partial charge is 0.238 e. The number of primary sulfonamides is 1. The van der Waals surface area contributed by atoms with Crippen molar-refractivity contribution in [2.45, 2.75) is 62.4 Å². The number of aryl methyl sites for hydroxylation is 2. The molecule has 3 rings (SSSR count). The summed E-state index contributed by atoms with van der Waals surface area (Å²) in [6.07, 6.45) is 2.75. The minimum absolute atomic E-state index is 0.0596. The molecule has 2 N–H and O–H groups in total. The Balaban J connectivity index is 1.81. The van der Waals surface area contributed by atoms with Crippen LogP contribution in [-0.4, -0.2) is 28.1 Å². The first-order chi connectivity index (χ1) is 13.3. The summed E-state index contributed by atoms with van der Waals surface area (Å²) in [5.41, 5.74) is 1.48. The van der Waals surface area contributed by atoms with Crippen molar-refractivity contribution in [1.82, 2.24) is 19.7 Å². The second kappa shape index (κ2) is 8.62. The fourth-order valence-corrected chi connectivity index (χ4v) is 4.22. The highest BCUT2D eigenvalue weighted by Gasteiger charge is 2.16. The van der Waals surface area contributed by atoms with Crippen LogP contribution >= 0.6 is 11.8 Å². The number of benzene rings is 1. The van der Waals surface area contributed by atoms with Gasteiger partial charge in [0.05, 0.1) is 21.7 Å². The van der Waals surface area contributed by atoms with Crippen LogP contribution in [-0.2, 0) is 28.7 Å². The quantitative estimate of drug-likeness (QED) is 0.524. The topological polar surface area (TPSA) is 117 Å². The first kappa shape index (κ1) is 20.8. The van der Waals surface area contributed by atoms with E-state index in [-0.39, 0.29) is 4.90 Å². The van der Waals surface area contributed by atoms with Crippen molar-refractivity contribution >= 4 is 32.8 Å². The molecule has 1 aromatic carbocycles. The van der Waals surface area contributed by atoms with Gasteiger partial charge in [-0.25, -0.2) is 18.5 Å². The van der Waals surface area contributed by atoms with Crippen molar-refractivity contribution in [3.05, 3.63) is 29.9 Å². The van der Waals surface area contributed by atoms with E-state index in [4.69, 9.17) is 9.66 Å². The number of thioether (sulfide) groups is 1. The van der Waals surface area contributed by atoms with Gasteiger partial charge in [-0.05, 0) is 37.0 Å². The highest BCUT2D eigenvalue weighted by atomic mass is 32.2. The SMILES string of the molecule is CCCn1c(SCc2nc(CCC(C)C)no2)nc2cc(S(N)(=O)=O)ccc21. The van der Waals surface area contributed by atoms with Crippen LogP contribution in [0.15, 0.2) is 32.8 Å². The zero-order valence-corrected chi connectivity index (χ0v) is 17.9. The Hall–Kier alpha value is -1.91. The van der Waals surface area contributed by atoms with Crippen LogP contribution in [0.25, 0.3) is 11.0 Å². The number of nitrogens with two attached hydrogens (primary N) is 1. The standard InChI is InChI=1S/C18H25N5O3S2/c1-4-9-23-15-7-6-13(28(19,24)25)10-14(15)20-18(23)27-11-17-21-16(22-26-17)8-5-12(2)3/h6-7,10,12H,4-5,8-9,11H2,1-3H3,(H2,19,24,25).